The number of aromatic nitrogens is 1. The second-order valence-corrected chi connectivity index (χ2v) is 6.13. The number of sulfonamides is 1. The zero-order valence-electron chi connectivity index (χ0n) is 10.4. The predicted molar refractivity (Wildman–Crippen MR) is 68.0 cm³/mol. The molecule has 0 bridgehead atoms. The highest BCUT2D eigenvalue weighted by Gasteiger charge is 2.17. The van der Waals surface area contributed by atoms with E-state index in [2.05, 4.69) is 10.3 Å². The van der Waals surface area contributed by atoms with Crippen LogP contribution in [0.2, 0.25) is 0 Å². The first-order valence-electron chi connectivity index (χ1n) is 6.04. The van der Waals surface area contributed by atoms with E-state index in [0.717, 1.165) is 26.1 Å². The number of H-pyrrole nitrogens is 1. The number of primary sulfonamides is 1. The van der Waals surface area contributed by atoms with Crippen LogP contribution in [0.15, 0.2) is 17.2 Å². The molecule has 1 unspecified atom stereocenters. The van der Waals surface area contributed by atoms with Gasteiger partial charge in [-0.15, -0.1) is 0 Å². The zero-order valence-corrected chi connectivity index (χ0v) is 11.2. The van der Waals surface area contributed by atoms with Crippen LogP contribution in [0.3, 0.4) is 0 Å². The fraction of sp³-hybridized carbons (Fsp3) is 0.545. The first-order valence-corrected chi connectivity index (χ1v) is 7.58. The van der Waals surface area contributed by atoms with Crippen molar-refractivity contribution >= 4 is 15.9 Å². The summed E-state index contributed by atoms with van der Waals surface area (Å²) in [5, 5.41) is 7.69. The molecule has 2 heterocycles. The van der Waals surface area contributed by atoms with Crippen LogP contribution in [0.1, 0.15) is 23.3 Å². The van der Waals surface area contributed by atoms with E-state index in [1.54, 1.807) is 0 Å². The molecule has 0 aliphatic carbocycles. The van der Waals surface area contributed by atoms with Crippen molar-refractivity contribution in [1.82, 2.24) is 10.3 Å². The van der Waals surface area contributed by atoms with Gasteiger partial charge in [-0.2, -0.15) is 0 Å². The van der Waals surface area contributed by atoms with E-state index in [1.807, 2.05) is 0 Å². The minimum Gasteiger partial charge on any atom is -0.381 e. The van der Waals surface area contributed by atoms with Crippen LogP contribution >= 0.6 is 0 Å². The summed E-state index contributed by atoms with van der Waals surface area (Å²) >= 11 is 0. The summed E-state index contributed by atoms with van der Waals surface area (Å²) in [5.41, 5.74) is 0.187. The Balaban J connectivity index is 1.84. The number of aromatic amines is 1. The Labute approximate surface area is 111 Å². The highest BCUT2D eigenvalue weighted by Crippen LogP contribution is 2.15. The van der Waals surface area contributed by atoms with Gasteiger partial charge < -0.3 is 15.0 Å². The zero-order chi connectivity index (χ0) is 13.9. The maximum Gasteiger partial charge on any atom is 0.267 e. The predicted octanol–water partition coefficient (Wildman–Crippen LogP) is -0.181. The Kier molecular flexibility index (Phi) is 4.23. The molecule has 106 valence electrons. The van der Waals surface area contributed by atoms with Crippen molar-refractivity contribution in [3.8, 4) is 0 Å². The van der Waals surface area contributed by atoms with E-state index in [1.165, 1.54) is 12.3 Å². The van der Waals surface area contributed by atoms with Gasteiger partial charge in [0, 0.05) is 26.0 Å². The largest absolute Gasteiger partial charge is 0.381 e. The third-order valence-electron chi connectivity index (χ3n) is 3.09. The molecule has 1 amide bonds. The molecule has 1 aromatic heterocycles. The molecule has 0 radical (unpaired) electrons. The van der Waals surface area contributed by atoms with Crippen LogP contribution in [0, 0.1) is 5.92 Å². The highest BCUT2D eigenvalue weighted by atomic mass is 32.2. The quantitative estimate of drug-likeness (QED) is 0.696. The van der Waals surface area contributed by atoms with E-state index in [4.69, 9.17) is 9.88 Å². The summed E-state index contributed by atoms with van der Waals surface area (Å²) in [6.45, 7) is 2.07. The van der Waals surface area contributed by atoms with Gasteiger partial charge in [0.05, 0.1) is 4.90 Å². The van der Waals surface area contributed by atoms with Crippen LogP contribution < -0.4 is 10.5 Å². The van der Waals surface area contributed by atoms with Gasteiger partial charge in [-0.1, -0.05) is 0 Å². The smallest absolute Gasteiger partial charge is 0.267 e. The molecular weight excluding hydrogens is 270 g/mol. The van der Waals surface area contributed by atoms with Gasteiger partial charge in [0.15, 0.2) is 0 Å². The topological polar surface area (TPSA) is 114 Å². The summed E-state index contributed by atoms with van der Waals surface area (Å²) in [5.74, 6) is 0.151. The van der Waals surface area contributed by atoms with Crippen molar-refractivity contribution in [3.63, 3.8) is 0 Å². The minimum absolute atomic E-state index is 0.0955. The third-order valence-corrected chi connectivity index (χ3v) is 3.98. The molecular formula is C11H17N3O4S. The summed E-state index contributed by atoms with van der Waals surface area (Å²) in [6, 6.07) is 1.23. The minimum atomic E-state index is -3.78. The normalized spacial score (nSPS) is 19.5. The van der Waals surface area contributed by atoms with Crippen molar-refractivity contribution in [3.05, 3.63) is 18.0 Å². The summed E-state index contributed by atoms with van der Waals surface area (Å²) < 4.78 is 27.4. The lowest BCUT2D eigenvalue weighted by atomic mass is 10.1. The van der Waals surface area contributed by atoms with E-state index >= 15 is 0 Å². The van der Waals surface area contributed by atoms with Crippen LogP contribution in [-0.2, 0) is 14.8 Å². The Hall–Kier alpha value is -1.38. The maximum absolute atomic E-state index is 11.7. The lowest BCUT2D eigenvalue weighted by Gasteiger charge is -2.07. The van der Waals surface area contributed by atoms with Crippen molar-refractivity contribution in [1.29, 1.82) is 0 Å². The van der Waals surface area contributed by atoms with Gasteiger partial charge in [-0.25, -0.2) is 13.6 Å². The van der Waals surface area contributed by atoms with Crippen molar-refractivity contribution < 1.29 is 17.9 Å². The van der Waals surface area contributed by atoms with Gasteiger partial charge in [0.2, 0.25) is 10.0 Å². The molecule has 4 N–H and O–H groups in total. The Morgan fingerprint density at radius 2 is 2.37 bits per heavy atom. The van der Waals surface area contributed by atoms with Crippen molar-refractivity contribution in [2.24, 2.45) is 11.1 Å². The number of ether oxygens (including phenoxy) is 1. The second kappa shape index (κ2) is 5.72. The fourth-order valence-corrected chi connectivity index (χ4v) is 2.47. The Morgan fingerprint density at radius 1 is 1.58 bits per heavy atom. The summed E-state index contributed by atoms with van der Waals surface area (Å²) in [4.78, 5) is 14.2. The van der Waals surface area contributed by atoms with Crippen LogP contribution in [-0.4, -0.2) is 39.1 Å². The Morgan fingerprint density at radius 3 is 2.95 bits per heavy atom. The van der Waals surface area contributed by atoms with E-state index < -0.39 is 10.0 Å². The molecule has 0 aromatic carbocycles. The molecule has 1 aromatic rings. The van der Waals surface area contributed by atoms with Gasteiger partial charge in [-0.3, -0.25) is 4.79 Å². The maximum atomic E-state index is 11.7. The van der Waals surface area contributed by atoms with Gasteiger partial charge >= 0.3 is 0 Å². The first kappa shape index (κ1) is 14.0. The lowest BCUT2D eigenvalue weighted by Crippen LogP contribution is -2.26. The summed E-state index contributed by atoms with van der Waals surface area (Å²) in [7, 11) is -3.78. The number of nitrogens with two attached hydrogens (primary N) is 1. The number of hydrogen-bond donors (Lipinski definition) is 3. The molecule has 0 spiro atoms. The van der Waals surface area contributed by atoms with Crippen LogP contribution in [0.5, 0.6) is 0 Å². The van der Waals surface area contributed by atoms with Gasteiger partial charge in [0.1, 0.15) is 5.69 Å². The molecule has 1 fully saturated rings. The second-order valence-electron chi connectivity index (χ2n) is 4.57. The molecule has 0 saturated carbocycles. The molecule has 7 nitrogen and oxygen atoms in total. The highest BCUT2D eigenvalue weighted by molar-refractivity contribution is 7.89. The molecule has 1 atom stereocenters. The summed E-state index contributed by atoms with van der Waals surface area (Å²) in [6.07, 6.45) is 3.08. The molecule has 19 heavy (non-hydrogen) atoms. The molecule has 1 aliphatic heterocycles. The average Bonchev–Trinajstić information content (AvgIpc) is 2.99. The molecule has 1 aliphatic rings. The van der Waals surface area contributed by atoms with E-state index in [0.29, 0.717) is 12.5 Å². The van der Waals surface area contributed by atoms with Gasteiger partial charge in [-0.05, 0) is 24.8 Å². The number of amides is 1. The fourth-order valence-electron chi connectivity index (χ4n) is 1.97. The number of hydrogen-bond acceptors (Lipinski definition) is 4. The van der Waals surface area contributed by atoms with Crippen molar-refractivity contribution in [2.75, 3.05) is 19.8 Å². The number of rotatable bonds is 5. The van der Waals surface area contributed by atoms with E-state index in [-0.39, 0.29) is 16.5 Å². The SMILES string of the molecule is NS(=O)(=O)c1c[nH]c(C(=O)NCCC2CCOC2)c1. The number of carbonyl (C=O) groups excluding carboxylic acids is 1. The third kappa shape index (κ3) is 3.79. The van der Waals surface area contributed by atoms with Gasteiger partial charge in [0.25, 0.3) is 5.91 Å². The standard InChI is InChI=1S/C11H17N3O4S/c12-19(16,17)9-5-10(14-6-9)11(15)13-3-1-8-2-4-18-7-8/h5-6,8,14H,1-4,7H2,(H,13,15)(H2,12,16,17). The Bertz CT molecular complexity index is 546. The van der Waals surface area contributed by atoms with E-state index in [9.17, 15) is 13.2 Å². The van der Waals surface area contributed by atoms with Crippen LogP contribution in [0.4, 0.5) is 0 Å². The molecule has 1 saturated heterocycles. The number of nitrogens with one attached hydrogen (secondary N) is 2. The first-order chi connectivity index (χ1) is 8.97. The monoisotopic (exact) mass is 287 g/mol. The lowest BCUT2D eigenvalue weighted by molar-refractivity contribution is 0.0946. The molecule has 2 rings (SSSR count). The number of carbonyl (C=O) groups is 1. The van der Waals surface area contributed by atoms with Crippen molar-refractivity contribution in [2.45, 2.75) is 17.7 Å². The molecule has 8 heteroatoms. The van der Waals surface area contributed by atoms with Crippen LogP contribution in [0.25, 0.3) is 0 Å². The average molecular weight is 287 g/mol.